The van der Waals surface area contributed by atoms with Crippen molar-refractivity contribution in [3.05, 3.63) is 60.3 Å². The summed E-state index contributed by atoms with van der Waals surface area (Å²) in [5.41, 5.74) is 1.49. The van der Waals surface area contributed by atoms with E-state index in [1.54, 1.807) is 24.3 Å². The predicted octanol–water partition coefficient (Wildman–Crippen LogP) is 3.05. The summed E-state index contributed by atoms with van der Waals surface area (Å²) in [6.07, 6.45) is -1.09. The van der Waals surface area contributed by atoms with E-state index in [9.17, 15) is 18.0 Å². The van der Waals surface area contributed by atoms with Crippen LogP contribution in [0.3, 0.4) is 0 Å². The van der Waals surface area contributed by atoms with Gasteiger partial charge in [0.05, 0.1) is 10.2 Å². The van der Waals surface area contributed by atoms with Crippen molar-refractivity contribution in [2.75, 3.05) is 11.6 Å². The van der Waals surface area contributed by atoms with Crippen LogP contribution >= 0.6 is 11.3 Å². The second-order valence-electron chi connectivity index (χ2n) is 7.31. The van der Waals surface area contributed by atoms with Gasteiger partial charge < -0.3 is 4.98 Å². The lowest BCUT2D eigenvalue weighted by Crippen LogP contribution is -2.71. The molecule has 5 rings (SSSR count). The fraction of sp³-hybridized carbons (Fsp3) is 0.182. The molecule has 0 saturated heterocycles. The van der Waals surface area contributed by atoms with Crippen LogP contribution < -0.4 is 10.0 Å². The number of alkyl halides is 3. The molecule has 6 nitrogen and oxygen atoms in total. The maximum atomic E-state index is 13.6. The van der Waals surface area contributed by atoms with Crippen LogP contribution in [0.25, 0.3) is 21.1 Å². The molecule has 0 fully saturated rings. The van der Waals surface area contributed by atoms with Crippen molar-refractivity contribution in [1.82, 2.24) is 9.97 Å². The topological polar surface area (TPSA) is 75.3 Å². The lowest BCUT2D eigenvalue weighted by atomic mass is 10.0. The van der Waals surface area contributed by atoms with Crippen LogP contribution in [-0.2, 0) is 11.2 Å². The molecule has 1 aliphatic heterocycles. The van der Waals surface area contributed by atoms with Crippen molar-refractivity contribution in [2.45, 2.75) is 12.6 Å². The van der Waals surface area contributed by atoms with Crippen LogP contribution in [0.5, 0.6) is 0 Å². The number of amides is 1. The van der Waals surface area contributed by atoms with Crippen LogP contribution in [0, 0.1) is 5.92 Å². The molecule has 0 spiro atoms. The number of rotatable bonds is 5. The quantitative estimate of drug-likeness (QED) is 0.453. The van der Waals surface area contributed by atoms with Gasteiger partial charge in [-0.15, -0.1) is 0 Å². The van der Waals surface area contributed by atoms with Crippen LogP contribution in [0.2, 0.25) is 0 Å². The van der Waals surface area contributed by atoms with Gasteiger partial charge in [-0.3, -0.25) is 9.79 Å². The molecule has 2 aromatic heterocycles. The molecule has 10 heteroatoms. The number of benzene rings is 2. The smallest absolute Gasteiger partial charge is 0.361 e. The molecule has 1 amide bonds. The maximum absolute atomic E-state index is 13.6. The standard InChI is InChI=1S/C22H16F3N5OS/c23-22(24,25)19-15(12-26-10-9-13-11-27-16-6-2-1-5-14(13)16)20(31)30(29-19)21-28-17-7-3-4-8-18(17)32-21/h1-8,11-12,15,27H,9-10H2/p+1/t15-/m1/s1. The first-order valence-corrected chi connectivity index (χ1v) is 10.7. The number of thiazole rings is 1. The number of carbonyl (C=O) groups excluding carboxylic acids is 1. The molecule has 1 atom stereocenters. The zero-order chi connectivity index (χ0) is 22.3. The van der Waals surface area contributed by atoms with Crippen molar-refractivity contribution >= 4 is 55.4 Å². The molecule has 4 aromatic rings. The second-order valence-corrected chi connectivity index (χ2v) is 8.31. The van der Waals surface area contributed by atoms with Crippen LogP contribution in [-0.4, -0.2) is 40.5 Å². The third-order valence-electron chi connectivity index (χ3n) is 5.23. The van der Waals surface area contributed by atoms with Gasteiger partial charge >= 0.3 is 6.18 Å². The highest BCUT2D eigenvalue weighted by Gasteiger charge is 2.51. The molecule has 1 aliphatic rings. The summed E-state index contributed by atoms with van der Waals surface area (Å²) in [5, 5.41) is 5.54. The maximum Gasteiger partial charge on any atom is 0.432 e. The molecule has 2 N–H and O–H groups in total. The first-order valence-electron chi connectivity index (χ1n) is 9.89. The predicted molar refractivity (Wildman–Crippen MR) is 118 cm³/mol. The molecule has 162 valence electrons. The summed E-state index contributed by atoms with van der Waals surface area (Å²) in [4.78, 5) is 23.1. The van der Waals surface area contributed by atoms with E-state index in [0.29, 0.717) is 18.5 Å². The fourth-order valence-corrected chi connectivity index (χ4v) is 4.61. The summed E-state index contributed by atoms with van der Waals surface area (Å²) in [7, 11) is 0. The normalized spacial score (nSPS) is 17.2. The molecule has 32 heavy (non-hydrogen) atoms. The van der Waals surface area contributed by atoms with Crippen LogP contribution in [0.4, 0.5) is 18.3 Å². The summed E-state index contributed by atoms with van der Waals surface area (Å²) in [5.74, 6) is -2.32. The second kappa shape index (κ2) is 7.86. The van der Waals surface area contributed by atoms with Gasteiger partial charge in [-0.1, -0.05) is 41.7 Å². The van der Waals surface area contributed by atoms with Gasteiger partial charge in [0.25, 0.3) is 5.91 Å². The Bertz CT molecular complexity index is 1340. The Morgan fingerprint density at radius 3 is 2.75 bits per heavy atom. The highest BCUT2D eigenvalue weighted by atomic mass is 32.1. The summed E-state index contributed by atoms with van der Waals surface area (Å²) in [6.45, 7) is 0.373. The summed E-state index contributed by atoms with van der Waals surface area (Å²) < 4.78 is 41.6. The van der Waals surface area contributed by atoms with E-state index in [-0.39, 0.29) is 5.13 Å². The number of hydrazone groups is 1. The fourth-order valence-electron chi connectivity index (χ4n) is 3.69. The minimum Gasteiger partial charge on any atom is -0.361 e. The van der Waals surface area contributed by atoms with Crippen molar-refractivity contribution in [3.8, 4) is 0 Å². The molecular weight excluding hydrogens is 439 g/mol. The number of H-pyrrole nitrogens is 1. The average Bonchev–Trinajstić information content (AvgIpc) is 3.46. The number of anilines is 1. The molecule has 0 bridgehead atoms. The van der Waals surface area contributed by atoms with Gasteiger partial charge in [0.1, 0.15) is 6.54 Å². The minimum absolute atomic E-state index is 0.118. The number of hydrogen-bond donors (Lipinski definition) is 2. The third kappa shape index (κ3) is 3.66. The largest absolute Gasteiger partial charge is 0.432 e. The van der Waals surface area contributed by atoms with Crippen molar-refractivity contribution in [2.24, 2.45) is 11.0 Å². The van der Waals surface area contributed by atoms with E-state index in [1.807, 2.05) is 30.5 Å². The Labute approximate surface area is 184 Å². The Balaban J connectivity index is 1.36. The number of aromatic nitrogens is 2. The van der Waals surface area contributed by atoms with Crippen molar-refractivity contribution in [1.29, 1.82) is 0 Å². The Morgan fingerprint density at radius 1 is 1.16 bits per heavy atom. The monoisotopic (exact) mass is 456 g/mol. The zero-order valence-corrected chi connectivity index (χ0v) is 17.4. The number of nitrogens with zero attached hydrogens (tertiary/aromatic N) is 3. The van der Waals surface area contributed by atoms with E-state index in [0.717, 1.165) is 37.5 Å². The van der Waals surface area contributed by atoms with Gasteiger partial charge in [-0.25, -0.2) is 4.98 Å². The molecule has 2 aromatic carbocycles. The van der Waals surface area contributed by atoms with Crippen LogP contribution in [0.15, 0.2) is 59.8 Å². The molecule has 0 unspecified atom stereocenters. The number of carbonyl (C=O) groups is 1. The number of nitrogens with one attached hydrogen (secondary N) is 2. The van der Waals surface area contributed by atoms with E-state index in [2.05, 4.69) is 20.1 Å². The van der Waals surface area contributed by atoms with Gasteiger partial charge in [-0.05, 0) is 23.8 Å². The molecule has 3 heterocycles. The van der Waals surface area contributed by atoms with Gasteiger partial charge in [-0.2, -0.15) is 23.3 Å². The number of aromatic amines is 1. The summed E-state index contributed by atoms with van der Waals surface area (Å²) >= 11 is 1.12. The van der Waals surface area contributed by atoms with E-state index < -0.39 is 23.7 Å². The lowest BCUT2D eigenvalue weighted by Gasteiger charge is -2.07. The number of para-hydroxylation sites is 2. The molecule has 0 aliphatic carbocycles. The van der Waals surface area contributed by atoms with E-state index in [1.165, 1.54) is 6.21 Å². The van der Waals surface area contributed by atoms with E-state index in [4.69, 9.17) is 0 Å². The lowest BCUT2D eigenvalue weighted by molar-refractivity contribution is -0.452. The SMILES string of the molecule is O=C1[C@H](C=[NH+]CCc2c[nH]c3ccccc23)C(C(F)(F)F)=NN1c1nc2ccccc2s1. The number of halogens is 3. The third-order valence-corrected chi connectivity index (χ3v) is 6.24. The molecule has 0 saturated carbocycles. The van der Waals surface area contributed by atoms with Gasteiger partial charge in [0.2, 0.25) is 5.13 Å². The van der Waals surface area contributed by atoms with E-state index >= 15 is 0 Å². The molecular formula is C22H17F3N5OS+. The highest BCUT2D eigenvalue weighted by Crippen LogP contribution is 2.35. The average molecular weight is 456 g/mol. The first-order chi connectivity index (χ1) is 15.4. The zero-order valence-electron chi connectivity index (χ0n) is 16.6. The Hall–Kier alpha value is -3.53. The molecule has 0 radical (unpaired) electrons. The van der Waals surface area contributed by atoms with Gasteiger partial charge in [0.15, 0.2) is 17.8 Å². The minimum atomic E-state index is -4.74. The number of hydrogen-bond acceptors (Lipinski definition) is 4. The van der Waals surface area contributed by atoms with Crippen LogP contribution in [0.1, 0.15) is 5.56 Å². The highest BCUT2D eigenvalue weighted by molar-refractivity contribution is 7.22. The number of fused-ring (bicyclic) bond motifs is 2. The summed E-state index contributed by atoms with van der Waals surface area (Å²) in [6, 6.07) is 14.9. The van der Waals surface area contributed by atoms with Crippen molar-refractivity contribution in [3.63, 3.8) is 0 Å². The Kier molecular flexibility index (Phi) is 5.01. The Morgan fingerprint density at radius 2 is 1.94 bits per heavy atom. The van der Waals surface area contributed by atoms with Gasteiger partial charge in [0, 0.05) is 23.5 Å². The first kappa shape index (κ1) is 20.4. The van der Waals surface area contributed by atoms with Crippen molar-refractivity contribution < 1.29 is 23.0 Å².